The number of rotatable bonds is 9. The molecule has 2 fully saturated rings. The number of thiophene rings is 1. The first-order valence-corrected chi connectivity index (χ1v) is 16.4. The van der Waals surface area contributed by atoms with E-state index in [1.54, 1.807) is 4.90 Å². The molecule has 0 spiro atoms. The number of carbonyl (C=O) groups is 2. The quantitative estimate of drug-likeness (QED) is 0.254. The summed E-state index contributed by atoms with van der Waals surface area (Å²) in [5.74, 6) is -0.581. The number of nitrogens with zero attached hydrogens (tertiary/aromatic N) is 1. The van der Waals surface area contributed by atoms with Crippen molar-refractivity contribution in [1.29, 1.82) is 0 Å². The highest BCUT2D eigenvalue weighted by molar-refractivity contribution is 7.57. The molecule has 1 aromatic carbocycles. The van der Waals surface area contributed by atoms with Gasteiger partial charge in [0.2, 0.25) is 13.3 Å². The average molecular weight is 564 g/mol. The van der Waals surface area contributed by atoms with E-state index < -0.39 is 20.1 Å². The van der Waals surface area contributed by atoms with E-state index in [9.17, 15) is 24.4 Å². The fraction of sp³-hybridized carbons (Fsp3) is 0.571. The van der Waals surface area contributed by atoms with E-state index in [4.69, 9.17) is 9.63 Å². The number of aromatic carboxylic acids is 1. The van der Waals surface area contributed by atoms with Gasteiger partial charge in [0.05, 0.1) is 11.8 Å². The molecule has 0 saturated heterocycles. The minimum atomic E-state index is -2.97. The molecule has 1 atom stereocenters. The molecule has 2 aliphatic carbocycles. The van der Waals surface area contributed by atoms with Gasteiger partial charge in [0.25, 0.3) is 0 Å². The van der Waals surface area contributed by atoms with E-state index in [2.05, 4.69) is 6.92 Å². The van der Waals surface area contributed by atoms with Crippen molar-refractivity contribution in [1.82, 2.24) is 0 Å². The van der Waals surface area contributed by atoms with Crippen LogP contribution in [-0.2, 0) is 20.0 Å². The lowest BCUT2D eigenvalue weighted by molar-refractivity contribution is -0.124. The Balaban J connectivity index is 1.66. The SMILES string of the molecule is CP(=O)(Cc1ccc(-c2cc(N(C(=O)[C@H]3CC[C@H](C)CC3)[C@H]3CC[C@H](O)CC3)c(C(=O)O)s2)cc1)OCO. The van der Waals surface area contributed by atoms with Crippen LogP contribution in [0.3, 0.4) is 0 Å². The van der Waals surface area contributed by atoms with E-state index >= 15 is 0 Å². The average Bonchev–Trinajstić information content (AvgIpc) is 3.31. The Hall–Kier alpha value is -2.03. The third kappa shape index (κ3) is 6.93. The van der Waals surface area contributed by atoms with Gasteiger partial charge in [-0.15, -0.1) is 11.3 Å². The zero-order valence-electron chi connectivity index (χ0n) is 22.0. The Morgan fingerprint density at radius 3 is 2.26 bits per heavy atom. The largest absolute Gasteiger partial charge is 0.477 e. The second-order valence-electron chi connectivity index (χ2n) is 10.9. The van der Waals surface area contributed by atoms with E-state index in [-0.39, 0.29) is 35.0 Å². The van der Waals surface area contributed by atoms with Crippen molar-refractivity contribution in [2.24, 2.45) is 11.8 Å². The van der Waals surface area contributed by atoms with Gasteiger partial charge in [0, 0.05) is 29.7 Å². The number of aliphatic hydroxyl groups excluding tert-OH is 2. The molecule has 10 heteroatoms. The van der Waals surface area contributed by atoms with Gasteiger partial charge in [-0.05, 0) is 74.5 Å². The van der Waals surface area contributed by atoms with Crippen LogP contribution in [0.5, 0.6) is 0 Å². The highest BCUT2D eigenvalue weighted by atomic mass is 32.1. The van der Waals surface area contributed by atoms with Crippen molar-refractivity contribution in [3.8, 4) is 10.4 Å². The number of carbonyl (C=O) groups excluding carboxylic acids is 1. The number of aliphatic hydroxyl groups is 2. The number of amides is 1. The molecule has 1 heterocycles. The molecule has 208 valence electrons. The van der Waals surface area contributed by atoms with E-state index in [0.29, 0.717) is 37.3 Å². The second kappa shape index (κ2) is 12.4. The highest BCUT2D eigenvalue weighted by Gasteiger charge is 2.37. The summed E-state index contributed by atoms with van der Waals surface area (Å²) in [4.78, 5) is 29.0. The number of hydrogen-bond donors (Lipinski definition) is 3. The summed E-state index contributed by atoms with van der Waals surface area (Å²) in [5.41, 5.74) is 2.04. The van der Waals surface area contributed by atoms with E-state index in [0.717, 1.165) is 53.0 Å². The standard InChI is InChI=1S/C28H38NO7PS/c1-18-3-7-21(8-4-18)27(32)29(22-11-13-23(31)14-12-22)24-15-25(38-26(24)28(33)34)20-9-5-19(6-10-20)16-37(2,35)36-17-30/h5-6,9-10,15,18,21-23,30-31H,3-4,7-8,11-14,16-17H2,1-2H3,(H,33,34)/t18-,21-,22-,23-,37?. The number of carboxylic acid groups (broad SMARTS) is 1. The van der Waals surface area contributed by atoms with Gasteiger partial charge in [-0.3, -0.25) is 9.36 Å². The topological polar surface area (TPSA) is 124 Å². The second-order valence-corrected chi connectivity index (χ2v) is 14.5. The number of hydrogen-bond acceptors (Lipinski definition) is 7. The maximum absolute atomic E-state index is 14.0. The predicted octanol–water partition coefficient (Wildman–Crippen LogP) is 5.95. The van der Waals surface area contributed by atoms with Crippen LogP contribution in [-0.4, -0.2) is 52.8 Å². The van der Waals surface area contributed by atoms with Crippen molar-refractivity contribution < 1.29 is 34.0 Å². The van der Waals surface area contributed by atoms with Gasteiger partial charge in [0.1, 0.15) is 4.88 Å². The molecule has 8 nitrogen and oxygen atoms in total. The third-order valence-electron chi connectivity index (χ3n) is 7.84. The van der Waals surface area contributed by atoms with Crippen molar-refractivity contribution in [2.45, 2.75) is 76.6 Å². The fourth-order valence-corrected chi connectivity index (χ4v) is 7.85. The van der Waals surface area contributed by atoms with Crippen LogP contribution in [0.15, 0.2) is 30.3 Å². The lowest BCUT2D eigenvalue weighted by atomic mass is 9.81. The van der Waals surface area contributed by atoms with Crippen LogP contribution < -0.4 is 4.90 Å². The van der Waals surface area contributed by atoms with Crippen LogP contribution in [0.1, 0.15) is 73.5 Å². The van der Waals surface area contributed by atoms with Gasteiger partial charge < -0.3 is 24.7 Å². The lowest BCUT2D eigenvalue weighted by Crippen LogP contribution is -2.47. The molecule has 2 saturated carbocycles. The van der Waals surface area contributed by atoms with Crippen molar-refractivity contribution >= 4 is 36.3 Å². The molecule has 3 N–H and O–H groups in total. The molecule has 38 heavy (non-hydrogen) atoms. The van der Waals surface area contributed by atoms with Crippen LogP contribution in [0.4, 0.5) is 5.69 Å². The monoisotopic (exact) mass is 563 g/mol. The molecular formula is C28H38NO7PS. The van der Waals surface area contributed by atoms with Crippen LogP contribution in [0, 0.1) is 11.8 Å². The molecule has 2 aromatic rings. The Morgan fingerprint density at radius 2 is 1.68 bits per heavy atom. The Kier molecular flexibility index (Phi) is 9.48. The highest BCUT2D eigenvalue weighted by Crippen LogP contribution is 2.46. The zero-order chi connectivity index (χ0) is 27.4. The molecule has 0 aliphatic heterocycles. The summed E-state index contributed by atoms with van der Waals surface area (Å²) < 4.78 is 17.4. The van der Waals surface area contributed by atoms with Gasteiger partial charge in [0.15, 0.2) is 6.79 Å². The molecule has 4 rings (SSSR count). The van der Waals surface area contributed by atoms with Gasteiger partial charge in [-0.1, -0.05) is 31.2 Å². The zero-order valence-corrected chi connectivity index (χ0v) is 23.8. The summed E-state index contributed by atoms with van der Waals surface area (Å²) in [5, 5.41) is 29.2. The lowest BCUT2D eigenvalue weighted by Gasteiger charge is -2.38. The van der Waals surface area contributed by atoms with E-state index in [1.165, 1.54) is 6.66 Å². The van der Waals surface area contributed by atoms with E-state index in [1.807, 2.05) is 30.3 Å². The molecule has 1 unspecified atom stereocenters. The molecule has 2 aliphatic rings. The van der Waals surface area contributed by atoms with Crippen molar-refractivity contribution in [3.63, 3.8) is 0 Å². The summed E-state index contributed by atoms with van der Waals surface area (Å²) >= 11 is 1.15. The first-order chi connectivity index (χ1) is 18.1. The van der Waals surface area contributed by atoms with Gasteiger partial charge >= 0.3 is 5.97 Å². The summed E-state index contributed by atoms with van der Waals surface area (Å²) in [7, 11) is -2.97. The fourth-order valence-electron chi connectivity index (χ4n) is 5.65. The van der Waals surface area contributed by atoms with Gasteiger partial charge in [-0.25, -0.2) is 4.79 Å². The minimum Gasteiger partial charge on any atom is -0.477 e. The maximum atomic E-state index is 14.0. The Bertz CT molecular complexity index is 1160. The number of anilines is 1. The molecule has 0 bridgehead atoms. The van der Waals surface area contributed by atoms with Crippen LogP contribution >= 0.6 is 18.7 Å². The number of carboxylic acids is 1. The third-order valence-corrected chi connectivity index (χ3v) is 10.6. The molecular weight excluding hydrogens is 525 g/mol. The van der Waals surface area contributed by atoms with Crippen molar-refractivity contribution in [2.75, 3.05) is 18.4 Å². The maximum Gasteiger partial charge on any atom is 0.348 e. The normalized spacial score (nSPS) is 25.5. The summed E-state index contributed by atoms with van der Waals surface area (Å²) in [6.45, 7) is 3.08. The smallest absolute Gasteiger partial charge is 0.348 e. The summed E-state index contributed by atoms with van der Waals surface area (Å²) in [6.07, 6.45) is 5.89. The number of benzene rings is 1. The van der Waals surface area contributed by atoms with Gasteiger partial charge in [-0.2, -0.15) is 0 Å². The first-order valence-electron chi connectivity index (χ1n) is 13.4. The van der Waals surface area contributed by atoms with Crippen molar-refractivity contribution in [3.05, 3.63) is 40.8 Å². The summed E-state index contributed by atoms with van der Waals surface area (Å²) in [6, 6.07) is 9.01. The first kappa shape index (κ1) is 29.0. The molecule has 1 amide bonds. The van der Waals surface area contributed by atoms with Crippen LogP contribution in [0.2, 0.25) is 0 Å². The Labute approximate surface area is 228 Å². The van der Waals surface area contributed by atoms with Crippen LogP contribution in [0.25, 0.3) is 10.4 Å². The molecule has 1 aromatic heterocycles. The molecule has 0 radical (unpaired) electrons. The Morgan fingerprint density at radius 1 is 1.05 bits per heavy atom. The minimum absolute atomic E-state index is 0.00284. The predicted molar refractivity (Wildman–Crippen MR) is 149 cm³/mol.